The molecule has 0 amide bonds. The van der Waals surface area contributed by atoms with Crippen molar-refractivity contribution in [2.75, 3.05) is 0 Å². The summed E-state index contributed by atoms with van der Waals surface area (Å²) in [6.07, 6.45) is 3.53. The van der Waals surface area contributed by atoms with Crippen molar-refractivity contribution in [3.63, 3.8) is 0 Å². The highest BCUT2D eigenvalue weighted by Crippen LogP contribution is 2.51. The molecule has 5 rings (SSSR count). The lowest BCUT2D eigenvalue weighted by atomic mass is 9.73. The molecule has 1 aliphatic heterocycles. The average Bonchev–Trinajstić information content (AvgIpc) is 2.78. The lowest BCUT2D eigenvalue weighted by Crippen LogP contribution is -2.30. The van der Waals surface area contributed by atoms with E-state index in [1.165, 1.54) is 0 Å². The van der Waals surface area contributed by atoms with Crippen LogP contribution >= 0.6 is 46.4 Å². The molecule has 0 spiro atoms. The number of benzene rings is 2. The number of halogens is 4. The first-order chi connectivity index (χ1) is 16.3. The quantitative estimate of drug-likeness (QED) is 0.396. The molecule has 2 aromatic rings. The van der Waals surface area contributed by atoms with Crippen molar-refractivity contribution in [2.24, 2.45) is 0 Å². The summed E-state index contributed by atoms with van der Waals surface area (Å²) in [6.45, 7) is 0.118. The van der Waals surface area contributed by atoms with Gasteiger partial charge in [-0.25, -0.2) is 0 Å². The maximum absolute atomic E-state index is 13.1. The van der Waals surface area contributed by atoms with Crippen LogP contribution in [0.5, 0.6) is 5.75 Å². The predicted molar refractivity (Wildman–Crippen MR) is 133 cm³/mol. The van der Waals surface area contributed by atoms with E-state index in [0.29, 0.717) is 74.7 Å². The zero-order chi connectivity index (χ0) is 24.0. The largest absolute Gasteiger partial charge is 0.487 e. The van der Waals surface area contributed by atoms with Crippen LogP contribution in [0.2, 0.25) is 20.1 Å². The summed E-state index contributed by atoms with van der Waals surface area (Å²) in [6, 6.07) is 8.45. The Balaban J connectivity index is 1.64. The second kappa shape index (κ2) is 9.58. The molecule has 2 aliphatic carbocycles. The van der Waals surface area contributed by atoms with Gasteiger partial charge >= 0.3 is 0 Å². The Bertz CT molecular complexity index is 1240. The average molecular weight is 538 g/mol. The van der Waals surface area contributed by atoms with Gasteiger partial charge in [0.15, 0.2) is 11.6 Å². The number of hydrogen-bond acceptors (Lipinski definition) is 4. The molecular weight excluding hydrogens is 518 g/mol. The van der Waals surface area contributed by atoms with Crippen LogP contribution in [0.3, 0.4) is 0 Å². The molecule has 4 nitrogen and oxygen atoms in total. The van der Waals surface area contributed by atoms with Gasteiger partial charge in [0.1, 0.15) is 23.9 Å². The molecule has 34 heavy (non-hydrogen) atoms. The van der Waals surface area contributed by atoms with E-state index in [1.54, 1.807) is 30.3 Å². The number of carbonyl (C=O) groups excluding carboxylic acids is 2. The Morgan fingerprint density at radius 1 is 0.794 bits per heavy atom. The molecule has 0 aromatic heterocycles. The third kappa shape index (κ3) is 4.37. The van der Waals surface area contributed by atoms with Crippen molar-refractivity contribution in [1.82, 2.24) is 0 Å². The molecule has 3 aliphatic rings. The van der Waals surface area contributed by atoms with E-state index < -0.39 is 5.92 Å². The SMILES string of the molecule is O=C1CCCC2=C1C(c1cc(Cl)cc(Cl)c1OCc1ccc(Cl)cc1Cl)C1=C(CCCC1=O)O2. The van der Waals surface area contributed by atoms with E-state index in [0.717, 1.165) is 18.4 Å². The normalized spacial score (nSPS) is 18.6. The number of hydrogen-bond donors (Lipinski definition) is 0. The van der Waals surface area contributed by atoms with Crippen LogP contribution in [0.15, 0.2) is 53.0 Å². The zero-order valence-electron chi connectivity index (χ0n) is 18.1. The molecule has 176 valence electrons. The van der Waals surface area contributed by atoms with Gasteiger partial charge in [0.25, 0.3) is 0 Å². The smallest absolute Gasteiger partial charge is 0.163 e. The van der Waals surface area contributed by atoms with Crippen molar-refractivity contribution < 1.29 is 19.1 Å². The maximum atomic E-state index is 13.1. The van der Waals surface area contributed by atoms with E-state index in [4.69, 9.17) is 55.9 Å². The molecule has 0 N–H and O–H groups in total. The lowest BCUT2D eigenvalue weighted by molar-refractivity contribution is -0.117. The molecular formula is C26H20Cl4O4. The standard InChI is InChI=1S/C26H20Cl4O4/c27-14-8-7-13(17(29)10-14)12-33-26-16(9-15(28)11-18(26)30)23-24-19(31)3-1-5-21(24)34-22-6-2-4-20(32)25(22)23/h7-11,23H,1-6,12H2. The van der Waals surface area contributed by atoms with Gasteiger partial charge < -0.3 is 9.47 Å². The predicted octanol–water partition coefficient (Wildman–Crippen LogP) is 8.01. The van der Waals surface area contributed by atoms with Gasteiger partial charge in [0.2, 0.25) is 0 Å². The summed E-state index contributed by atoms with van der Waals surface area (Å²) in [5.74, 6) is 0.943. The Kier molecular flexibility index (Phi) is 6.69. The van der Waals surface area contributed by atoms with Crippen LogP contribution in [-0.4, -0.2) is 11.6 Å². The molecule has 0 atom stereocenters. The number of Topliss-reactive ketones (excluding diaryl/α,β-unsaturated/α-hetero) is 2. The summed E-state index contributed by atoms with van der Waals surface area (Å²) < 4.78 is 12.3. The first-order valence-electron chi connectivity index (χ1n) is 11.1. The molecule has 0 unspecified atom stereocenters. The van der Waals surface area contributed by atoms with Gasteiger partial charge in [-0.15, -0.1) is 0 Å². The van der Waals surface area contributed by atoms with Crippen LogP contribution in [0.1, 0.15) is 55.6 Å². The Labute approximate surface area is 217 Å². The number of allylic oxidation sites excluding steroid dienone is 4. The topological polar surface area (TPSA) is 52.6 Å². The highest BCUT2D eigenvalue weighted by Gasteiger charge is 2.43. The van der Waals surface area contributed by atoms with Crippen LogP contribution in [0.4, 0.5) is 0 Å². The summed E-state index contributed by atoms with van der Waals surface area (Å²) >= 11 is 25.4. The Hall–Kier alpha value is -1.98. The van der Waals surface area contributed by atoms with Crippen molar-refractivity contribution in [2.45, 2.75) is 51.0 Å². The lowest BCUT2D eigenvalue weighted by Gasteiger charge is -2.36. The van der Waals surface area contributed by atoms with Crippen LogP contribution < -0.4 is 4.74 Å². The van der Waals surface area contributed by atoms with Gasteiger partial charge in [0.05, 0.1) is 10.9 Å². The summed E-state index contributed by atoms with van der Waals surface area (Å²) in [7, 11) is 0. The monoisotopic (exact) mass is 536 g/mol. The summed E-state index contributed by atoms with van der Waals surface area (Å²) in [5.41, 5.74) is 2.31. The second-order valence-electron chi connectivity index (χ2n) is 8.59. The zero-order valence-corrected chi connectivity index (χ0v) is 21.1. The molecule has 0 radical (unpaired) electrons. The fourth-order valence-corrected chi connectivity index (χ4v) is 5.89. The van der Waals surface area contributed by atoms with Gasteiger partial charge in [-0.1, -0.05) is 52.5 Å². The molecule has 8 heteroatoms. The highest BCUT2D eigenvalue weighted by atomic mass is 35.5. The second-order valence-corrected chi connectivity index (χ2v) is 10.3. The minimum Gasteiger partial charge on any atom is -0.487 e. The van der Waals surface area contributed by atoms with Crippen molar-refractivity contribution >= 4 is 58.0 Å². The molecule has 1 heterocycles. The van der Waals surface area contributed by atoms with Crippen LogP contribution in [0.25, 0.3) is 0 Å². The molecule has 0 fully saturated rings. The minimum atomic E-state index is -0.633. The first-order valence-corrected chi connectivity index (χ1v) is 12.6. The third-order valence-electron chi connectivity index (χ3n) is 6.38. The fraction of sp³-hybridized carbons (Fsp3) is 0.308. The molecule has 0 saturated heterocycles. The summed E-state index contributed by atoms with van der Waals surface area (Å²) in [5, 5.41) is 1.66. The third-order valence-corrected chi connectivity index (χ3v) is 7.46. The maximum Gasteiger partial charge on any atom is 0.163 e. The first kappa shape index (κ1) is 23.7. The number of rotatable bonds is 4. The van der Waals surface area contributed by atoms with Crippen LogP contribution in [0, 0.1) is 0 Å². The van der Waals surface area contributed by atoms with E-state index in [2.05, 4.69) is 0 Å². The number of ether oxygens (including phenoxy) is 2. The molecule has 0 saturated carbocycles. The Morgan fingerprint density at radius 2 is 1.41 bits per heavy atom. The van der Waals surface area contributed by atoms with Crippen LogP contribution in [-0.2, 0) is 20.9 Å². The van der Waals surface area contributed by atoms with Gasteiger partial charge in [-0.2, -0.15) is 0 Å². The Morgan fingerprint density at radius 3 is 2.03 bits per heavy atom. The van der Waals surface area contributed by atoms with Gasteiger partial charge in [-0.3, -0.25) is 9.59 Å². The van der Waals surface area contributed by atoms with E-state index in [1.807, 2.05) is 0 Å². The van der Waals surface area contributed by atoms with Gasteiger partial charge in [-0.05, 0) is 37.1 Å². The summed E-state index contributed by atoms with van der Waals surface area (Å²) in [4.78, 5) is 26.2. The molecule has 2 aromatic carbocycles. The molecule has 0 bridgehead atoms. The minimum absolute atomic E-state index is 0.0287. The fourth-order valence-electron chi connectivity index (χ4n) is 4.86. The van der Waals surface area contributed by atoms with E-state index in [9.17, 15) is 9.59 Å². The van der Waals surface area contributed by atoms with Crippen molar-refractivity contribution in [3.05, 3.63) is 84.2 Å². The van der Waals surface area contributed by atoms with Crippen molar-refractivity contribution in [1.29, 1.82) is 0 Å². The highest BCUT2D eigenvalue weighted by molar-refractivity contribution is 6.36. The van der Waals surface area contributed by atoms with Crippen molar-refractivity contribution in [3.8, 4) is 5.75 Å². The number of ketones is 2. The van der Waals surface area contributed by atoms with Gasteiger partial charge in [0, 0.05) is 63.0 Å². The van der Waals surface area contributed by atoms with E-state index in [-0.39, 0.29) is 23.2 Å². The van der Waals surface area contributed by atoms with E-state index >= 15 is 0 Å². The number of carbonyl (C=O) groups is 2.